The van der Waals surface area contributed by atoms with E-state index in [2.05, 4.69) is 5.32 Å². The molecule has 2 aromatic rings. The van der Waals surface area contributed by atoms with Crippen LogP contribution >= 0.6 is 0 Å². The van der Waals surface area contributed by atoms with Crippen molar-refractivity contribution in [3.8, 4) is 5.75 Å². The number of aromatic hydroxyl groups is 1. The smallest absolute Gasteiger partial charge is 0.339 e. The normalized spacial score (nSPS) is 10.2. The van der Waals surface area contributed by atoms with Gasteiger partial charge in [-0.15, -0.1) is 0 Å². The summed E-state index contributed by atoms with van der Waals surface area (Å²) in [4.78, 5) is 23.1. The summed E-state index contributed by atoms with van der Waals surface area (Å²) in [6.07, 6.45) is 0. The summed E-state index contributed by atoms with van der Waals surface area (Å²) in [6, 6.07) is 9.42. The summed E-state index contributed by atoms with van der Waals surface area (Å²) in [5, 5.41) is 21.3. The summed E-state index contributed by atoms with van der Waals surface area (Å²) in [5.41, 5.74) is 2.30. The maximum absolute atomic E-state index is 12.1. The molecule has 0 radical (unpaired) electrons. The van der Waals surface area contributed by atoms with Crippen LogP contribution in [-0.2, 0) is 0 Å². The second-order valence-corrected chi connectivity index (χ2v) is 4.76. The summed E-state index contributed by atoms with van der Waals surface area (Å²) in [6.45, 7) is 3.84. The summed E-state index contributed by atoms with van der Waals surface area (Å²) >= 11 is 0. The van der Waals surface area contributed by atoms with Crippen molar-refractivity contribution in [1.29, 1.82) is 0 Å². The highest BCUT2D eigenvalue weighted by Gasteiger charge is 2.15. The van der Waals surface area contributed by atoms with E-state index < -0.39 is 17.6 Å². The number of carboxylic acids is 1. The van der Waals surface area contributed by atoms with Gasteiger partial charge in [0.1, 0.15) is 5.56 Å². The number of carboxylic acid groups (broad SMARTS) is 1. The molecule has 0 aromatic heterocycles. The Morgan fingerprint density at radius 3 is 2.38 bits per heavy atom. The van der Waals surface area contributed by atoms with E-state index in [1.165, 1.54) is 18.2 Å². The Hall–Kier alpha value is -2.82. The number of amides is 1. The number of anilines is 1. The quantitative estimate of drug-likeness (QED) is 0.757. The molecule has 108 valence electrons. The number of hydrogen-bond acceptors (Lipinski definition) is 3. The molecule has 3 N–H and O–H groups in total. The van der Waals surface area contributed by atoms with Crippen LogP contribution < -0.4 is 5.32 Å². The van der Waals surface area contributed by atoms with Gasteiger partial charge < -0.3 is 15.5 Å². The average molecular weight is 285 g/mol. The second kappa shape index (κ2) is 5.66. The highest BCUT2D eigenvalue weighted by Crippen LogP contribution is 2.28. The molecule has 0 fully saturated rings. The second-order valence-electron chi connectivity index (χ2n) is 4.76. The van der Waals surface area contributed by atoms with Gasteiger partial charge in [0.25, 0.3) is 5.91 Å². The first-order valence-corrected chi connectivity index (χ1v) is 6.34. The predicted molar refractivity (Wildman–Crippen MR) is 78.9 cm³/mol. The van der Waals surface area contributed by atoms with Gasteiger partial charge in [0.15, 0.2) is 5.75 Å². The van der Waals surface area contributed by atoms with Crippen molar-refractivity contribution >= 4 is 17.6 Å². The first kappa shape index (κ1) is 14.6. The zero-order valence-corrected chi connectivity index (χ0v) is 11.7. The minimum absolute atomic E-state index is 0.0677. The third-order valence-corrected chi connectivity index (χ3v) is 3.28. The lowest BCUT2D eigenvalue weighted by Gasteiger charge is -2.10. The molecule has 2 rings (SSSR count). The minimum atomic E-state index is -1.25. The van der Waals surface area contributed by atoms with E-state index in [0.717, 1.165) is 11.1 Å². The molecule has 5 heteroatoms. The van der Waals surface area contributed by atoms with Crippen molar-refractivity contribution in [1.82, 2.24) is 0 Å². The fourth-order valence-electron chi connectivity index (χ4n) is 1.89. The van der Waals surface area contributed by atoms with Crippen LogP contribution in [0.3, 0.4) is 0 Å². The zero-order chi connectivity index (χ0) is 15.6. The Balaban J connectivity index is 2.29. The number of benzene rings is 2. The molecule has 5 nitrogen and oxygen atoms in total. The van der Waals surface area contributed by atoms with Gasteiger partial charge in [0, 0.05) is 5.56 Å². The van der Waals surface area contributed by atoms with Crippen molar-refractivity contribution in [3.05, 3.63) is 58.7 Å². The standard InChI is InChI=1S/C16H15NO4/c1-9-6-7-11(8-10(9)2)15(19)17-13-5-3-4-12(14(13)18)16(20)21/h3-8,18H,1-2H3,(H,17,19)(H,20,21). The molecule has 0 aliphatic heterocycles. The van der Waals surface area contributed by atoms with Crippen LogP contribution in [0.4, 0.5) is 5.69 Å². The van der Waals surface area contributed by atoms with Gasteiger partial charge in [-0.3, -0.25) is 4.79 Å². The van der Waals surface area contributed by atoms with Crippen LogP contribution in [0.2, 0.25) is 0 Å². The molecule has 0 heterocycles. The monoisotopic (exact) mass is 285 g/mol. The number of nitrogens with one attached hydrogen (secondary N) is 1. The Morgan fingerprint density at radius 1 is 1.05 bits per heavy atom. The molecule has 0 aliphatic carbocycles. The first-order chi connectivity index (χ1) is 9.90. The highest BCUT2D eigenvalue weighted by atomic mass is 16.4. The predicted octanol–water partition coefficient (Wildman–Crippen LogP) is 2.96. The first-order valence-electron chi connectivity index (χ1n) is 6.34. The molecule has 0 unspecified atom stereocenters. The lowest BCUT2D eigenvalue weighted by Crippen LogP contribution is -2.13. The van der Waals surface area contributed by atoms with Gasteiger partial charge >= 0.3 is 5.97 Å². The SMILES string of the molecule is Cc1ccc(C(=O)Nc2cccc(C(=O)O)c2O)cc1C. The number of rotatable bonds is 3. The van der Waals surface area contributed by atoms with Gasteiger partial charge in [0.2, 0.25) is 0 Å². The van der Waals surface area contributed by atoms with E-state index in [1.54, 1.807) is 12.1 Å². The van der Waals surface area contributed by atoms with E-state index in [1.807, 2.05) is 19.9 Å². The molecular weight excluding hydrogens is 270 g/mol. The molecule has 0 bridgehead atoms. The van der Waals surface area contributed by atoms with Crippen LogP contribution in [0, 0.1) is 13.8 Å². The maximum atomic E-state index is 12.1. The van der Waals surface area contributed by atoms with Gasteiger partial charge in [-0.1, -0.05) is 12.1 Å². The van der Waals surface area contributed by atoms with E-state index in [-0.39, 0.29) is 11.3 Å². The van der Waals surface area contributed by atoms with Crippen LogP contribution in [0.25, 0.3) is 0 Å². The fraction of sp³-hybridized carbons (Fsp3) is 0.125. The molecular formula is C16H15NO4. The average Bonchev–Trinajstić information content (AvgIpc) is 2.43. The van der Waals surface area contributed by atoms with Crippen molar-refractivity contribution in [2.45, 2.75) is 13.8 Å². The molecule has 0 saturated carbocycles. The lowest BCUT2D eigenvalue weighted by atomic mass is 10.1. The molecule has 0 saturated heterocycles. The number of carbonyl (C=O) groups is 2. The van der Waals surface area contributed by atoms with E-state index >= 15 is 0 Å². The van der Waals surface area contributed by atoms with Crippen molar-refractivity contribution < 1.29 is 19.8 Å². The Kier molecular flexibility index (Phi) is 3.93. The number of aromatic carboxylic acids is 1. The minimum Gasteiger partial charge on any atom is -0.505 e. The van der Waals surface area contributed by atoms with Crippen LogP contribution in [0.1, 0.15) is 31.8 Å². The van der Waals surface area contributed by atoms with E-state index in [0.29, 0.717) is 5.56 Å². The number of para-hydroxylation sites is 1. The highest BCUT2D eigenvalue weighted by molar-refractivity contribution is 6.06. The molecule has 0 atom stereocenters. The Morgan fingerprint density at radius 2 is 1.76 bits per heavy atom. The third-order valence-electron chi connectivity index (χ3n) is 3.28. The topological polar surface area (TPSA) is 86.6 Å². The van der Waals surface area contributed by atoms with Gasteiger partial charge in [-0.25, -0.2) is 4.79 Å². The van der Waals surface area contributed by atoms with Gasteiger partial charge in [-0.05, 0) is 49.2 Å². The fourth-order valence-corrected chi connectivity index (χ4v) is 1.89. The van der Waals surface area contributed by atoms with Crippen LogP contribution in [0.5, 0.6) is 5.75 Å². The van der Waals surface area contributed by atoms with Crippen LogP contribution in [0.15, 0.2) is 36.4 Å². The van der Waals surface area contributed by atoms with Gasteiger partial charge in [-0.2, -0.15) is 0 Å². The van der Waals surface area contributed by atoms with Crippen molar-refractivity contribution in [2.24, 2.45) is 0 Å². The van der Waals surface area contributed by atoms with Crippen molar-refractivity contribution in [3.63, 3.8) is 0 Å². The summed E-state index contributed by atoms with van der Waals surface area (Å²) in [7, 11) is 0. The molecule has 21 heavy (non-hydrogen) atoms. The van der Waals surface area contributed by atoms with Crippen molar-refractivity contribution in [2.75, 3.05) is 5.32 Å². The Bertz CT molecular complexity index is 722. The molecule has 1 amide bonds. The molecule has 0 aliphatic rings. The Labute approximate surface area is 121 Å². The van der Waals surface area contributed by atoms with Gasteiger partial charge in [0.05, 0.1) is 5.69 Å². The molecule has 2 aromatic carbocycles. The molecule has 0 spiro atoms. The van der Waals surface area contributed by atoms with E-state index in [9.17, 15) is 14.7 Å². The maximum Gasteiger partial charge on any atom is 0.339 e. The van der Waals surface area contributed by atoms with Crippen LogP contribution in [-0.4, -0.2) is 22.1 Å². The number of phenols is 1. The largest absolute Gasteiger partial charge is 0.505 e. The zero-order valence-electron chi connectivity index (χ0n) is 11.7. The number of hydrogen-bond donors (Lipinski definition) is 3. The summed E-state index contributed by atoms with van der Waals surface area (Å²) < 4.78 is 0. The lowest BCUT2D eigenvalue weighted by molar-refractivity contribution is 0.0693. The van der Waals surface area contributed by atoms with E-state index in [4.69, 9.17) is 5.11 Å². The third kappa shape index (κ3) is 3.02. The number of carbonyl (C=O) groups excluding carboxylic acids is 1. The number of aryl methyl sites for hydroxylation is 2. The summed E-state index contributed by atoms with van der Waals surface area (Å²) in [5.74, 6) is -2.12.